The Morgan fingerprint density at radius 3 is 2.66 bits per heavy atom. The molecule has 3 aliphatic rings. The van der Waals surface area contributed by atoms with Gasteiger partial charge in [-0.05, 0) is 31.9 Å². The number of nitrogens with one attached hydrogen (secondary N) is 1. The number of carbonyl (C=O) groups excluding carboxylic acids is 4. The third-order valence-electron chi connectivity index (χ3n) is 5.93. The van der Waals surface area contributed by atoms with Gasteiger partial charge in [-0.25, -0.2) is 0 Å². The number of ether oxygens (including phenoxy) is 1. The summed E-state index contributed by atoms with van der Waals surface area (Å²) >= 11 is 0. The highest BCUT2D eigenvalue weighted by Gasteiger charge is 2.41. The van der Waals surface area contributed by atoms with Crippen molar-refractivity contribution < 1.29 is 23.9 Å². The van der Waals surface area contributed by atoms with Crippen molar-refractivity contribution in [2.24, 2.45) is 5.92 Å². The Morgan fingerprint density at radius 1 is 1.17 bits per heavy atom. The SMILES string of the molecule is CC(OC(=O)C1CC(=O)N(C2CCCC2)C1)C(=O)N1CC(=O)Nc2ccccc21. The molecule has 0 spiro atoms. The number of carbonyl (C=O) groups is 4. The Morgan fingerprint density at radius 2 is 1.90 bits per heavy atom. The molecule has 2 aliphatic heterocycles. The van der Waals surface area contributed by atoms with Crippen LogP contribution in [0.15, 0.2) is 24.3 Å². The molecule has 154 valence electrons. The molecule has 29 heavy (non-hydrogen) atoms. The summed E-state index contributed by atoms with van der Waals surface area (Å²) in [5.74, 6) is -1.86. The van der Waals surface area contributed by atoms with Gasteiger partial charge in [-0.2, -0.15) is 0 Å². The number of nitrogens with zero attached hydrogens (tertiary/aromatic N) is 2. The molecular weight excluding hydrogens is 374 g/mol. The number of amides is 3. The lowest BCUT2D eigenvalue weighted by molar-refractivity contribution is -0.157. The Kier molecular flexibility index (Phi) is 5.25. The highest BCUT2D eigenvalue weighted by Crippen LogP contribution is 2.31. The molecule has 4 rings (SSSR count). The van der Waals surface area contributed by atoms with E-state index in [1.54, 1.807) is 29.2 Å². The molecule has 8 heteroatoms. The summed E-state index contributed by atoms with van der Waals surface area (Å²) in [4.78, 5) is 52.9. The Balaban J connectivity index is 1.40. The fourth-order valence-corrected chi connectivity index (χ4v) is 4.43. The molecule has 1 saturated carbocycles. The van der Waals surface area contributed by atoms with Gasteiger partial charge >= 0.3 is 5.97 Å². The summed E-state index contributed by atoms with van der Waals surface area (Å²) in [5.41, 5.74) is 1.12. The van der Waals surface area contributed by atoms with Gasteiger partial charge in [-0.15, -0.1) is 0 Å². The highest BCUT2D eigenvalue weighted by atomic mass is 16.5. The molecule has 2 heterocycles. The zero-order chi connectivity index (χ0) is 20.5. The smallest absolute Gasteiger partial charge is 0.312 e. The minimum absolute atomic E-state index is 0.0144. The van der Waals surface area contributed by atoms with Crippen LogP contribution in [-0.4, -0.2) is 53.8 Å². The van der Waals surface area contributed by atoms with E-state index in [2.05, 4.69) is 5.32 Å². The number of rotatable bonds is 4. The largest absolute Gasteiger partial charge is 0.452 e. The molecular formula is C21H25N3O5. The van der Waals surface area contributed by atoms with Crippen molar-refractivity contribution >= 4 is 35.1 Å². The van der Waals surface area contributed by atoms with E-state index in [0.717, 1.165) is 25.7 Å². The molecule has 2 fully saturated rings. The molecule has 0 radical (unpaired) electrons. The molecule has 0 bridgehead atoms. The Bertz CT molecular complexity index is 848. The van der Waals surface area contributed by atoms with Crippen LogP contribution in [0.5, 0.6) is 0 Å². The topological polar surface area (TPSA) is 96.0 Å². The van der Waals surface area contributed by atoms with Crippen molar-refractivity contribution in [3.05, 3.63) is 24.3 Å². The van der Waals surface area contributed by atoms with Crippen LogP contribution in [0.25, 0.3) is 0 Å². The average Bonchev–Trinajstić information content (AvgIpc) is 3.36. The number of anilines is 2. The second kappa shape index (κ2) is 7.85. The van der Waals surface area contributed by atoms with Gasteiger partial charge in [0, 0.05) is 19.0 Å². The number of hydrogen-bond donors (Lipinski definition) is 1. The number of benzene rings is 1. The lowest BCUT2D eigenvalue weighted by atomic mass is 10.1. The summed E-state index contributed by atoms with van der Waals surface area (Å²) in [6, 6.07) is 7.21. The molecule has 0 aromatic heterocycles. The molecule has 3 amide bonds. The summed E-state index contributed by atoms with van der Waals surface area (Å²) in [5, 5.41) is 2.72. The fourth-order valence-electron chi connectivity index (χ4n) is 4.43. The number of likely N-dealkylation sites (tertiary alicyclic amines) is 1. The predicted octanol–water partition coefficient (Wildman–Crippen LogP) is 1.69. The third-order valence-corrected chi connectivity index (χ3v) is 5.93. The molecule has 2 unspecified atom stereocenters. The van der Waals surface area contributed by atoms with E-state index in [4.69, 9.17) is 4.74 Å². The highest BCUT2D eigenvalue weighted by molar-refractivity contribution is 6.11. The van der Waals surface area contributed by atoms with Crippen LogP contribution in [0.3, 0.4) is 0 Å². The Labute approximate surface area is 169 Å². The first-order valence-electron chi connectivity index (χ1n) is 10.1. The van der Waals surface area contributed by atoms with Gasteiger partial charge in [0.2, 0.25) is 11.8 Å². The number of fused-ring (bicyclic) bond motifs is 1. The zero-order valence-corrected chi connectivity index (χ0v) is 16.4. The van der Waals surface area contributed by atoms with Crippen LogP contribution in [0, 0.1) is 5.92 Å². The van der Waals surface area contributed by atoms with Crippen molar-refractivity contribution in [2.75, 3.05) is 23.3 Å². The normalized spacial score (nSPS) is 23.0. The molecule has 1 N–H and O–H groups in total. The van der Waals surface area contributed by atoms with Crippen molar-refractivity contribution in [1.82, 2.24) is 4.90 Å². The maximum absolute atomic E-state index is 12.9. The van der Waals surface area contributed by atoms with Crippen LogP contribution >= 0.6 is 0 Å². The summed E-state index contributed by atoms with van der Waals surface area (Å²) in [6.45, 7) is 1.73. The monoisotopic (exact) mass is 399 g/mol. The van der Waals surface area contributed by atoms with Gasteiger partial charge in [-0.1, -0.05) is 25.0 Å². The van der Waals surface area contributed by atoms with Crippen molar-refractivity contribution in [3.8, 4) is 0 Å². The minimum atomic E-state index is -1.04. The van der Waals surface area contributed by atoms with Gasteiger partial charge in [0.25, 0.3) is 5.91 Å². The van der Waals surface area contributed by atoms with Crippen LogP contribution in [-0.2, 0) is 23.9 Å². The quantitative estimate of drug-likeness (QED) is 0.778. The van der Waals surface area contributed by atoms with E-state index in [1.165, 1.54) is 11.8 Å². The standard InChI is InChI=1S/C21H25N3O5/c1-13(20(27)24-12-18(25)22-16-8-4-5-9-17(16)24)29-21(28)14-10-19(26)23(11-14)15-6-2-3-7-15/h4-5,8-9,13-15H,2-3,6-7,10-12H2,1H3,(H,22,25). The van der Waals surface area contributed by atoms with E-state index in [9.17, 15) is 19.2 Å². The number of esters is 1. The molecule has 1 aromatic rings. The van der Waals surface area contributed by atoms with Crippen LogP contribution in [0.2, 0.25) is 0 Å². The van der Waals surface area contributed by atoms with E-state index in [1.807, 2.05) is 0 Å². The zero-order valence-electron chi connectivity index (χ0n) is 16.4. The van der Waals surface area contributed by atoms with Gasteiger partial charge in [0.15, 0.2) is 6.10 Å². The van der Waals surface area contributed by atoms with Gasteiger partial charge in [0.1, 0.15) is 6.54 Å². The predicted molar refractivity (Wildman–Crippen MR) is 105 cm³/mol. The number of para-hydroxylation sites is 2. The van der Waals surface area contributed by atoms with Crippen LogP contribution in [0.1, 0.15) is 39.0 Å². The van der Waals surface area contributed by atoms with E-state index in [0.29, 0.717) is 17.9 Å². The van der Waals surface area contributed by atoms with Gasteiger partial charge < -0.3 is 15.0 Å². The lowest BCUT2D eigenvalue weighted by Gasteiger charge is -2.31. The minimum Gasteiger partial charge on any atom is -0.452 e. The first-order valence-corrected chi connectivity index (χ1v) is 10.1. The van der Waals surface area contributed by atoms with Gasteiger partial charge in [0.05, 0.1) is 17.3 Å². The molecule has 1 saturated heterocycles. The average molecular weight is 399 g/mol. The first kappa shape index (κ1) is 19.4. The third kappa shape index (κ3) is 3.83. The first-order chi connectivity index (χ1) is 13.9. The van der Waals surface area contributed by atoms with E-state index in [-0.39, 0.29) is 30.8 Å². The Hall–Kier alpha value is -2.90. The van der Waals surface area contributed by atoms with Crippen molar-refractivity contribution in [3.63, 3.8) is 0 Å². The molecule has 2 atom stereocenters. The van der Waals surface area contributed by atoms with Crippen molar-refractivity contribution in [1.29, 1.82) is 0 Å². The van der Waals surface area contributed by atoms with Crippen LogP contribution < -0.4 is 10.2 Å². The van der Waals surface area contributed by atoms with E-state index >= 15 is 0 Å². The summed E-state index contributed by atoms with van der Waals surface area (Å²) in [6.07, 6.45) is 3.28. The molecule has 1 aliphatic carbocycles. The van der Waals surface area contributed by atoms with Crippen molar-refractivity contribution in [2.45, 2.75) is 51.2 Å². The van der Waals surface area contributed by atoms with E-state index < -0.39 is 23.9 Å². The maximum atomic E-state index is 12.9. The summed E-state index contributed by atoms with van der Waals surface area (Å²) < 4.78 is 5.42. The maximum Gasteiger partial charge on any atom is 0.312 e. The fraction of sp³-hybridized carbons (Fsp3) is 0.524. The second-order valence-corrected chi connectivity index (χ2v) is 7.95. The molecule has 8 nitrogen and oxygen atoms in total. The second-order valence-electron chi connectivity index (χ2n) is 7.95. The van der Waals surface area contributed by atoms with Crippen LogP contribution in [0.4, 0.5) is 11.4 Å². The van der Waals surface area contributed by atoms with Gasteiger partial charge in [-0.3, -0.25) is 24.1 Å². The molecule has 1 aromatic carbocycles. The number of hydrogen-bond acceptors (Lipinski definition) is 5. The summed E-state index contributed by atoms with van der Waals surface area (Å²) in [7, 11) is 0. The lowest BCUT2D eigenvalue weighted by Crippen LogP contribution is -2.47.